The van der Waals surface area contributed by atoms with Crippen molar-refractivity contribution in [2.75, 3.05) is 13.1 Å². The SMILES string of the molecule is CC1(C(=O)Cc2ccccn2)CCNC1. The van der Waals surface area contributed by atoms with Crippen molar-refractivity contribution in [3.8, 4) is 0 Å². The Balaban J connectivity index is 2.04. The van der Waals surface area contributed by atoms with Gasteiger partial charge in [-0.25, -0.2) is 0 Å². The maximum atomic E-state index is 12.1. The van der Waals surface area contributed by atoms with Crippen molar-refractivity contribution in [2.24, 2.45) is 5.41 Å². The number of pyridine rings is 1. The van der Waals surface area contributed by atoms with Gasteiger partial charge in [0.25, 0.3) is 0 Å². The lowest BCUT2D eigenvalue weighted by atomic mass is 9.83. The van der Waals surface area contributed by atoms with Gasteiger partial charge in [-0.05, 0) is 25.1 Å². The van der Waals surface area contributed by atoms with Crippen LogP contribution in [0, 0.1) is 5.41 Å². The summed E-state index contributed by atoms with van der Waals surface area (Å²) in [6.07, 6.45) is 3.13. The number of rotatable bonds is 3. The third-order valence-electron chi connectivity index (χ3n) is 3.11. The molecule has 0 spiro atoms. The molecule has 80 valence electrons. The Labute approximate surface area is 89.9 Å². The van der Waals surface area contributed by atoms with Crippen LogP contribution in [0.3, 0.4) is 0 Å². The summed E-state index contributed by atoms with van der Waals surface area (Å²) >= 11 is 0. The third kappa shape index (κ3) is 2.23. The summed E-state index contributed by atoms with van der Waals surface area (Å²) in [5, 5.41) is 3.24. The van der Waals surface area contributed by atoms with Gasteiger partial charge in [0.15, 0.2) is 0 Å². The standard InChI is InChI=1S/C12H16N2O/c1-12(5-7-13-9-12)11(15)8-10-4-2-3-6-14-10/h2-4,6,13H,5,7-9H2,1H3. The molecular weight excluding hydrogens is 188 g/mol. The molecule has 1 aromatic rings. The van der Waals surface area contributed by atoms with E-state index in [2.05, 4.69) is 10.3 Å². The molecule has 0 aliphatic carbocycles. The molecule has 1 aliphatic rings. The van der Waals surface area contributed by atoms with Crippen molar-refractivity contribution in [3.63, 3.8) is 0 Å². The van der Waals surface area contributed by atoms with Gasteiger partial charge < -0.3 is 5.32 Å². The molecule has 0 bridgehead atoms. The molecule has 1 aromatic heterocycles. The number of hydrogen-bond donors (Lipinski definition) is 1. The van der Waals surface area contributed by atoms with Crippen molar-refractivity contribution in [3.05, 3.63) is 30.1 Å². The summed E-state index contributed by atoms with van der Waals surface area (Å²) in [6.45, 7) is 3.79. The maximum Gasteiger partial charge on any atom is 0.146 e. The van der Waals surface area contributed by atoms with Gasteiger partial charge in [-0.15, -0.1) is 0 Å². The van der Waals surface area contributed by atoms with Crippen LogP contribution in [0.4, 0.5) is 0 Å². The van der Waals surface area contributed by atoms with Crippen LogP contribution in [0.25, 0.3) is 0 Å². The number of ketones is 1. The van der Waals surface area contributed by atoms with E-state index in [1.165, 1.54) is 0 Å². The minimum absolute atomic E-state index is 0.183. The molecule has 0 saturated carbocycles. The monoisotopic (exact) mass is 204 g/mol. The van der Waals surface area contributed by atoms with Crippen LogP contribution >= 0.6 is 0 Å². The zero-order valence-electron chi connectivity index (χ0n) is 8.99. The number of aromatic nitrogens is 1. The van der Waals surface area contributed by atoms with Crippen molar-refractivity contribution >= 4 is 5.78 Å². The van der Waals surface area contributed by atoms with Gasteiger partial charge in [0, 0.05) is 30.3 Å². The van der Waals surface area contributed by atoms with E-state index in [9.17, 15) is 4.79 Å². The zero-order chi connectivity index (χ0) is 10.7. The molecular formula is C12H16N2O. The van der Waals surface area contributed by atoms with E-state index in [1.54, 1.807) is 6.20 Å². The fourth-order valence-corrected chi connectivity index (χ4v) is 1.94. The average Bonchev–Trinajstić information content (AvgIpc) is 2.68. The van der Waals surface area contributed by atoms with Crippen LogP contribution in [0.1, 0.15) is 19.0 Å². The highest BCUT2D eigenvalue weighted by Crippen LogP contribution is 2.26. The predicted octanol–water partition coefficient (Wildman–Crippen LogP) is 1.19. The van der Waals surface area contributed by atoms with Gasteiger partial charge in [0.05, 0.1) is 0 Å². The highest BCUT2D eigenvalue weighted by Gasteiger charge is 2.35. The molecule has 1 N–H and O–H groups in total. The fraction of sp³-hybridized carbons (Fsp3) is 0.500. The topological polar surface area (TPSA) is 42.0 Å². The first-order valence-electron chi connectivity index (χ1n) is 5.35. The van der Waals surface area contributed by atoms with Crippen LogP contribution in [-0.4, -0.2) is 23.9 Å². The molecule has 1 unspecified atom stereocenters. The van der Waals surface area contributed by atoms with Gasteiger partial charge in [0.1, 0.15) is 5.78 Å². The van der Waals surface area contributed by atoms with Gasteiger partial charge in [-0.2, -0.15) is 0 Å². The van der Waals surface area contributed by atoms with E-state index in [0.717, 1.165) is 25.2 Å². The number of nitrogens with one attached hydrogen (secondary N) is 1. The van der Waals surface area contributed by atoms with Crippen LogP contribution in [0.15, 0.2) is 24.4 Å². The number of carbonyl (C=O) groups excluding carboxylic acids is 1. The molecule has 1 atom stereocenters. The summed E-state index contributed by atoms with van der Waals surface area (Å²) < 4.78 is 0. The van der Waals surface area contributed by atoms with E-state index < -0.39 is 0 Å². The number of carbonyl (C=O) groups is 1. The number of hydrogen-bond acceptors (Lipinski definition) is 3. The molecule has 1 saturated heterocycles. The molecule has 2 heterocycles. The predicted molar refractivity (Wildman–Crippen MR) is 58.5 cm³/mol. The van der Waals surface area contributed by atoms with E-state index in [-0.39, 0.29) is 5.41 Å². The largest absolute Gasteiger partial charge is 0.316 e. The summed E-state index contributed by atoms with van der Waals surface area (Å²) in [7, 11) is 0. The van der Waals surface area contributed by atoms with E-state index in [0.29, 0.717) is 12.2 Å². The van der Waals surface area contributed by atoms with E-state index in [1.807, 2.05) is 25.1 Å². The Bertz CT molecular complexity index is 342. The second-order valence-electron chi connectivity index (χ2n) is 4.41. The Kier molecular flexibility index (Phi) is 2.82. The summed E-state index contributed by atoms with van der Waals surface area (Å²) in [5.41, 5.74) is 0.688. The number of Topliss-reactive ketones (excluding diaryl/α,β-unsaturated/α-hetero) is 1. The Morgan fingerprint density at radius 2 is 2.47 bits per heavy atom. The van der Waals surface area contributed by atoms with Crippen molar-refractivity contribution in [1.29, 1.82) is 0 Å². The molecule has 0 radical (unpaired) electrons. The van der Waals surface area contributed by atoms with Gasteiger partial charge in [-0.3, -0.25) is 9.78 Å². The maximum absolute atomic E-state index is 12.1. The van der Waals surface area contributed by atoms with Crippen molar-refractivity contribution in [2.45, 2.75) is 19.8 Å². The van der Waals surface area contributed by atoms with Gasteiger partial charge in [0.2, 0.25) is 0 Å². The summed E-state index contributed by atoms with van der Waals surface area (Å²) in [4.78, 5) is 16.2. The molecule has 3 heteroatoms. The third-order valence-corrected chi connectivity index (χ3v) is 3.11. The van der Waals surface area contributed by atoms with Crippen LogP contribution in [0.5, 0.6) is 0 Å². The van der Waals surface area contributed by atoms with E-state index in [4.69, 9.17) is 0 Å². The first kappa shape index (κ1) is 10.3. The van der Waals surface area contributed by atoms with Gasteiger partial charge >= 0.3 is 0 Å². The molecule has 0 amide bonds. The highest BCUT2D eigenvalue weighted by atomic mass is 16.1. The lowest BCUT2D eigenvalue weighted by Crippen LogP contribution is -2.31. The highest BCUT2D eigenvalue weighted by molar-refractivity contribution is 5.86. The minimum atomic E-state index is -0.183. The van der Waals surface area contributed by atoms with Crippen LogP contribution in [0.2, 0.25) is 0 Å². The van der Waals surface area contributed by atoms with Crippen LogP contribution < -0.4 is 5.32 Å². The molecule has 0 aromatic carbocycles. The first-order chi connectivity index (χ1) is 7.21. The minimum Gasteiger partial charge on any atom is -0.316 e. The van der Waals surface area contributed by atoms with Crippen molar-refractivity contribution < 1.29 is 4.79 Å². The molecule has 1 fully saturated rings. The second-order valence-corrected chi connectivity index (χ2v) is 4.41. The second kappa shape index (κ2) is 4.11. The molecule has 2 rings (SSSR count). The van der Waals surface area contributed by atoms with E-state index >= 15 is 0 Å². The Morgan fingerprint density at radius 3 is 3.07 bits per heavy atom. The Hall–Kier alpha value is -1.22. The molecule has 15 heavy (non-hydrogen) atoms. The normalized spacial score (nSPS) is 25.4. The first-order valence-corrected chi connectivity index (χ1v) is 5.35. The quantitative estimate of drug-likeness (QED) is 0.804. The summed E-state index contributed by atoms with van der Waals surface area (Å²) in [5.74, 6) is 0.297. The molecule has 3 nitrogen and oxygen atoms in total. The zero-order valence-corrected chi connectivity index (χ0v) is 8.99. The smallest absolute Gasteiger partial charge is 0.146 e. The van der Waals surface area contributed by atoms with Gasteiger partial charge in [-0.1, -0.05) is 13.0 Å². The Morgan fingerprint density at radius 1 is 1.60 bits per heavy atom. The van der Waals surface area contributed by atoms with Crippen LogP contribution in [-0.2, 0) is 11.2 Å². The lowest BCUT2D eigenvalue weighted by Gasteiger charge is -2.20. The summed E-state index contributed by atoms with van der Waals surface area (Å²) in [6, 6.07) is 5.70. The molecule has 1 aliphatic heterocycles. The van der Waals surface area contributed by atoms with Crippen molar-refractivity contribution in [1.82, 2.24) is 10.3 Å². The number of nitrogens with zero attached hydrogens (tertiary/aromatic N) is 1. The fourth-order valence-electron chi connectivity index (χ4n) is 1.94. The average molecular weight is 204 g/mol. The lowest BCUT2D eigenvalue weighted by molar-refractivity contribution is -0.126.